The first-order valence-corrected chi connectivity index (χ1v) is 5.90. The fourth-order valence-corrected chi connectivity index (χ4v) is 1.47. The van der Waals surface area contributed by atoms with Crippen molar-refractivity contribution in [3.05, 3.63) is 16.5 Å². The van der Waals surface area contributed by atoms with Crippen LogP contribution in [-0.4, -0.2) is 23.6 Å². The maximum atomic E-state index is 4.56. The van der Waals surface area contributed by atoms with Crippen LogP contribution in [0.15, 0.2) is 10.7 Å². The number of anilines is 1. The van der Waals surface area contributed by atoms with E-state index in [-0.39, 0.29) is 5.41 Å². The first-order chi connectivity index (χ1) is 6.84. The standard InChI is InChI=1S/C11H18BrN3/c1-6-15(5)9-7-8(12)13-10(14-9)11(2,3)4/h7H,6H2,1-5H3. The lowest BCUT2D eigenvalue weighted by molar-refractivity contribution is 0.543. The summed E-state index contributed by atoms with van der Waals surface area (Å²) in [5.74, 6) is 1.83. The normalized spacial score (nSPS) is 11.6. The summed E-state index contributed by atoms with van der Waals surface area (Å²) in [6.07, 6.45) is 0. The van der Waals surface area contributed by atoms with Gasteiger partial charge in [0.15, 0.2) is 0 Å². The minimum absolute atomic E-state index is 0.0207. The van der Waals surface area contributed by atoms with Gasteiger partial charge in [-0.3, -0.25) is 0 Å². The maximum absolute atomic E-state index is 4.56. The Morgan fingerprint density at radius 2 is 1.93 bits per heavy atom. The largest absolute Gasteiger partial charge is 0.360 e. The van der Waals surface area contributed by atoms with Crippen LogP contribution in [-0.2, 0) is 5.41 Å². The van der Waals surface area contributed by atoms with Gasteiger partial charge in [-0.05, 0) is 22.9 Å². The minimum Gasteiger partial charge on any atom is -0.360 e. The van der Waals surface area contributed by atoms with Crippen molar-refractivity contribution >= 4 is 21.7 Å². The smallest absolute Gasteiger partial charge is 0.137 e. The van der Waals surface area contributed by atoms with Crippen LogP contribution in [0.2, 0.25) is 0 Å². The van der Waals surface area contributed by atoms with Gasteiger partial charge in [0.05, 0.1) is 0 Å². The molecule has 3 nitrogen and oxygen atoms in total. The van der Waals surface area contributed by atoms with Crippen molar-refractivity contribution in [2.75, 3.05) is 18.5 Å². The Morgan fingerprint density at radius 3 is 2.40 bits per heavy atom. The van der Waals surface area contributed by atoms with E-state index in [1.165, 1.54) is 0 Å². The average Bonchev–Trinajstić information content (AvgIpc) is 2.14. The molecular weight excluding hydrogens is 254 g/mol. The van der Waals surface area contributed by atoms with Gasteiger partial charge in [0.1, 0.15) is 16.2 Å². The van der Waals surface area contributed by atoms with Crippen molar-refractivity contribution in [3.8, 4) is 0 Å². The summed E-state index contributed by atoms with van der Waals surface area (Å²) in [6, 6.07) is 1.94. The van der Waals surface area contributed by atoms with Crippen LogP contribution in [0.1, 0.15) is 33.5 Å². The molecule has 0 radical (unpaired) electrons. The first kappa shape index (κ1) is 12.4. The molecule has 1 heterocycles. The molecule has 0 fully saturated rings. The lowest BCUT2D eigenvalue weighted by atomic mass is 9.96. The molecule has 0 bridgehead atoms. The zero-order valence-corrected chi connectivity index (χ0v) is 11.6. The summed E-state index contributed by atoms with van der Waals surface area (Å²) >= 11 is 3.43. The number of nitrogens with zero attached hydrogens (tertiary/aromatic N) is 3. The Balaban J connectivity index is 3.17. The predicted octanol–water partition coefficient (Wildman–Crippen LogP) is 2.99. The van der Waals surface area contributed by atoms with E-state index in [1.54, 1.807) is 0 Å². The van der Waals surface area contributed by atoms with Crippen molar-refractivity contribution < 1.29 is 0 Å². The molecule has 0 N–H and O–H groups in total. The number of halogens is 1. The number of rotatable bonds is 2. The molecule has 1 rings (SSSR count). The topological polar surface area (TPSA) is 29.0 Å². The zero-order chi connectivity index (χ0) is 11.6. The van der Waals surface area contributed by atoms with Crippen LogP contribution < -0.4 is 4.90 Å². The van der Waals surface area contributed by atoms with Crippen LogP contribution in [0.3, 0.4) is 0 Å². The molecule has 0 spiro atoms. The van der Waals surface area contributed by atoms with E-state index in [4.69, 9.17) is 0 Å². The van der Waals surface area contributed by atoms with E-state index in [0.29, 0.717) is 0 Å². The average molecular weight is 272 g/mol. The summed E-state index contributed by atoms with van der Waals surface area (Å²) in [7, 11) is 2.03. The highest BCUT2D eigenvalue weighted by atomic mass is 79.9. The van der Waals surface area contributed by atoms with Crippen LogP contribution >= 0.6 is 15.9 Å². The molecule has 0 aliphatic carbocycles. The Kier molecular flexibility index (Phi) is 3.71. The molecule has 0 amide bonds. The maximum Gasteiger partial charge on any atom is 0.137 e. The monoisotopic (exact) mass is 271 g/mol. The number of aromatic nitrogens is 2. The Morgan fingerprint density at radius 1 is 1.33 bits per heavy atom. The van der Waals surface area contributed by atoms with E-state index >= 15 is 0 Å². The van der Waals surface area contributed by atoms with Gasteiger partial charge >= 0.3 is 0 Å². The van der Waals surface area contributed by atoms with E-state index < -0.39 is 0 Å². The lowest BCUT2D eigenvalue weighted by Crippen LogP contribution is -2.22. The third-order valence-electron chi connectivity index (χ3n) is 2.22. The third kappa shape index (κ3) is 3.16. The summed E-state index contributed by atoms with van der Waals surface area (Å²) < 4.78 is 0.845. The molecule has 0 atom stereocenters. The van der Waals surface area contributed by atoms with Crippen LogP contribution in [0.5, 0.6) is 0 Å². The van der Waals surface area contributed by atoms with Gasteiger partial charge in [-0.1, -0.05) is 20.8 Å². The second kappa shape index (κ2) is 4.47. The van der Waals surface area contributed by atoms with Gasteiger partial charge in [0.2, 0.25) is 0 Å². The summed E-state index contributed by atoms with van der Waals surface area (Å²) in [4.78, 5) is 11.1. The van der Waals surface area contributed by atoms with Crippen LogP contribution in [0.25, 0.3) is 0 Å². The molecule has 0 aliphatic rings. The predicted molar refractivity (Wildman–Crippen MR) is 67.4 cm³/mol. The van der Waals surface area contributed by atoms with Gasteiger partial charge in [0, 0.05) is 25.1 Å². The number of hydrogen-bond acceptors (Lipinski definition) is 3. The molecule has 15 heavy (non-hydrogen) atoms. The first-order valence-electron chi connectivity index (χ1n) is 5.10. The van der Waals surface area contributed by atoms with Crippen molar-refractivity contribution in [2.45, 2.75) is 33.1 Å². The van der Waals surface area contributed by atoms with E-state index in [1.807, 2.05) is 13.1 Å². The summed E-state index contributed by atoms with van der Waals surface area (Å²) in [6.45, 7) is 9.39. The summed E-state index contributed by atoms with van der Waals surface area (Å²) in [5.41, 5.74) is -0.0207. The molecule has 1 aromatic heterocycles. The third-order valence-corrected chi connectivity index (χ3v) is 2.62. The lowest BCUT2D eigenvalue weighted by Gasteiger charge is -2.21. The zero-order valence-electron chi connectivity index (χ0n) is 10.0. The second-order valence-electron chi connectivity index (χ2n) is 4.64. The molecule has 0 saturated carbocycles. The quantitative estimate of drug-likeness (QED) is 0.775. The number of hydrogen-bond donors (Lipinski definition) is 0. The fourth-order valence-electron chi connectivity index (χ4n) is 1.10. The Bertz CT molecular complexity index is 344. The van der Waals surface area contributed by atoms with Crippen molar-refractivity contribution in [1.82, 2.24) is 9.97 Å². The molecule has 84 valence electrons. The molecule has 0 aliphatic heterocycles. The fraction of sp³-hybridized carbons (Fsp3) is 0.636. The van der Waals surface area contributed by atoms with Gasteiger partial charge in [-0.25, -0.2) is 9.97 Å². The minimum atomic E-state index is -0.0207. The van der Waals surface area contributed by atoms with Gasteiger partial charge in [-0.15, -0.1) is 0 Å². The van der Waals surface area contributed by atoms with Gasteiger partial charge in [-0.2, -0.15) is 0 Å². The molecular formula is C11H18BrN3. The van der Waals surface area contributed by atoms with E-state index in [0.717, 1.165) is 22.8 Å². The highest BCUT2D eigenvalue weighted by Gasteiger charge is 2.19. The van der Waals surface area contributed by atoms with Crippen LogP contribution in [0.4, 0.5) is 5.82 Å². The molecule has 1 aromatic rings. The van der Waals surface area contributed by atoms with Crippen molar-refractivity contribution in [3.63, 3.8) is 0 Å². The van der Waals surface area contributed by atoms with Gasteiger partial charge in [0.25, 0.3) is 0 Å². The van der Waals surface area contributed by atoms with E-state index in [2.05, 4.69) is 58.5 Å². The van der Waals surface area contributed by atoms with Crippen LogP contribution in [0, 0.1) is 0 Å². The summed E-state index contributed by atoms with van der Waals surface area (Å²) in [5, 5.41) is 0. The van der Waals surface area contributed by atoms with Crippen molar-refractivity contribution in [2.24, 2.45) is 0 Å². The molecule has 0 saturated heterocycles. The molecule has 0 unspecified atom stereocenters. The Labute approximate surface area is 100 Å². The van der Waals surface area contributed by atoms with Crippen molar-refractivity contribution in [1.29, 1.82) is 0 Å². The molecule has 4 heteroatoms. The molecule has 0 aromatic carbocycles. The highest BCUT2D eigenvalue weighted by molar-refractivity contribution is 9.10. The van der Waals surface area contributed by atoms with Gasteiger partial charge < -0.3 is 4.90 Å². The SMILES string of the molecule is CCN(C)c1cc(Br)nc(C(C)(C)C)n1. The Hall–Kier alpha value is -0.640. The van der Waals surface area contributed by atoms with E-state index in [9.17, 15) is 0 Å². The second-order valence-corrected chi connectivity index (χ2v) is 5.45. The highest BCUT2D eigenvalue weighted by Crippen LogP contribution is 2.23.